The maximum Gasteiger partial charge on any atom is 0.106 e. The van der Waals surface area contributed by atoms with E-state index in [1.54, 1.807) is 0 Å². The van der Waals surface area contributed by atoms with Crippen molar-refractivity contribution in [3.05, 3.63) is 29.8 Å². The molecule has 3 heteroatoms. The van der Waals surface area contributed by atoms with Crippen LogP contribution in [0.25, 0.3) is 0 Å². The van der Waals surface area contributed by atoms with Gasteiger partial charge in [-0.05, 0) is 24.6 Å². The topological polar surface area (TPSA) is 60.2 Å². The van der Waals surface area contributed by atoms with Crippen LogP contribution in [-0.2, 0) is 9.59 Å². The van der Waals surface area contributed by atoms with Crippen molar-refractivity contribution in [3.8, 4) is 0 Å². The Morgan fingerprint density at radius 3 is 1.71 bits per heavy atom. The number of carbonyl (C=O) groups is 2. The summed E-state index contributed by atoms with van der Waals surface area (Å²) in [5.41, 5.74) is 7.51. The maximum absolute atomic E-state index is 8.00. The highest BCUT2D eigenvalue weighted by atomic mass is 16.1. The first-order valence-corrected chi connectivity index (χ1v) is 4.19. The Kier molecular flexibility index (Phi) is 22.7. The Morgan fingerprint density at radius 2 is 1.50 bits per heavy atom. The number of nitrogen functional groups attached to an aromatic ring is 1. The molecule has 0 spiro atoms. The first-order valence-electron chi connectivity index (χ1n) is 4.19. The summed E-state index contributed by atoms with van der Waals surface area (Å²) in [7, 11) is 0. The van der Waals surface area contributed by atoms with Crippen molar-refractivity contribution in [2.45, 2.75) is 20.8 Å². The summed E-state index contributed by atoms with van der Waals surface area (Å²) < 4.78 is 0. The first-order chi connectivity index (χ1) is 6.79. The lowest BCUT2D eigenvalue weighted by Gasteiger charge is -1.91. The molecule has 0 heterocycles. The minimum absolute atomic E-state index is 0.838. The van der Waals surface area contributed by atoms with E-state index in [4.69, 9.17) is 15.3 Å². The van der Waals surface area contributed by atoms with Gasteiger partial charge in [-0.3, -0.25) is 0 Å². The Morgan fingerprint density at radius 1 is 1.07 bits per heavy atom. The Hall–Kier alpha value is -1.64. The van der Waals surface area contributed by atoms with Gasteiger partial charge in [-0.25, -0.2) is 0 Å². The molecule has 0 atom stereocenters. The van der Waals surface area contributed by atoms with Crippen LogP contribution < -0.4 is 5.73 Å². The highest BCUT2D eigenvalue weighted by Gasteiger charge is 1.81. The largest absolute Gasteiger partial charge is 0.399 e. The molecule has 14 heavy (non-hydrogen) atoms. The lowest BCUT2D eigenvalue weighted by molar-refractivity contribution is -0.0987. The molecule has 0 aliphatic rings. The highest BCUT2D eigenvalue weighted by Crippen LogP contribution is 2.03. The molecule has 0 amide bonds. The van der Waals surface area contributed by atoms with Gasteiger partial charge in [0, 0.05) is 5.69 Å². The summed E-state index contributed by atoms with van der Waals surface area (Å²) in [5.74, 6) is 0. The van der Waals surface area contributed by atoms with Gasteiger partial charge in [0.1, 0.15) is 13.6 Å². The van der Waals surface area contributed by atoms with Gasteiger partial charge >= 0.3 is 0 Å². The molecule has 0 saturated carbocycles. The quantitative estimate of drug-likeness (QED) is 0.649. The van der Waals surface area contributed by atoms with Crippen molar-refractivity contribution in [2.24, 2.45) is 0 Å². The van der Waals surface area contributed by atoms with Gasteiger partial charge in [-0.15, -0.1) is 0 Å². The van der Waals surface area contributed by atoms with Crippen molar-refractivity contribution < 1.29 is 9.59 Å². The molecule has 0 unspecified atom stereocenters. The maximum atomic E-state index is 8.00. The molecule has 3 nitrogen and oxygen atoms in total. The second-order valence-electron chi connectivity index (χ2n) is 1.91. The number of hydrogen-bond acceptors (Lipinski definition) is 3. The van der Waals surface area contributed by atoms with Crippen LogP contribution in [0.15, 0.2) is 24.3 Å². The molecule has 2 N–H and O–H groups in total. The van der Waals surface area contributed by atoms with Crippen LogP contribution in [0.3, 0.4) is 0 Å². The van der Waals surface area contributed by atoms with Gasteiger partial charge < -0.3 is 15.3 Å². The molecule has 0 aromatic heterocycles. The average Bonchev–Trinajstić information content (AvgIpc) is 2.26. The van der Waals surface area contributed by atoms with Crippen molar-refractivity contribution in [1.29, 1.82) is 0 Å². The Labute approximate surface area is 85.9 Å². The number of anilines is 1. The average molecular weight is 197 g/mol. The van der Waals surface area contributed by atoms with Gasteiger partial charge in [0.05, 0.1) is 0 Å². The lowest BCUT2D eigenvalue weighted by atomic mass is 10.2. The zero-order chi connectivity index (χ0) is 12.0. The fraction of sp³-hybridized carbons (Fsp3) is 0.273. The van der Waals surface area contributed by atoms with Crippen molar-refractivity contribution >= 4 is 19.3 Å². The Bertz CT molecular complexity index is 195. The molecule has 0 aliphatic carbocycles. The third-order valence-corrected chi connectivity index (χ3v) is 1.04. The minimum Gasteiger partial charge on any atom is -0.399 e. The van der Waals surface area contributed by atoms with Gasteiger partial charge in [-0.2, -0.15) is 0 Å². The number of nitrogens with two attached hydrogens (primary N) is 1. The number of rotatable bonds is 0. The molecule has 0 aliphatic heterocycles. The molecule has 0 bridgehead atoms. The monoisotopic (exact) mass is 197 g/mol. The molecule has 1 aromatic rings. The Balaban J connectivity index is -0.000000174. The standard InChI is InChI=1S/C7H9N.C2H6.2CH2O/c1-6-3-2-4-7(8)5-6;3*1-2/h2-5H,8H2,1H3;1-2H3;2*1H2. The zero-order valence-electron chi connectivity index (χ0n) is 9.12. The predicted octanol–water partition coefficient (Wildman–Crippen LogP) is 2.23. The summed E-state index contributed by atoms with van der Waals surface area (Å²) in [4.78, 5) is 16.0. The van der Waals surface area contributed by atoms with E-state index in [1.807, 2.05) is 58.6 Å². The molecule has 0 radical (unpaired) electrons. The van der Waals surface area contributed by atoms with Crippen LogP contribution in [0, 0.1) is 6.92 Å². The van der Waals surface area contributed by atoms with E-state index >= 15 is 0 Å². The van der Waals surface area contributed by atoms with Gasteiger partial charge in [0.25, 0.3) is 0 Å². The van der Waals surface area contributed by atoms with E-state index in [1.165, 1.54) is 5.56 Å². The second kappa shape index (κ2) is 17.4. The summed E-state index contributed by atoms with van der Waals surface area (Å²) in [6, 6.07) is 7.80. The fourth-order valence-electron chi connectivity index (χ4n) is 0.670. The van der Waals surface area contributed by atoms with Crippen molar-refractivity contribution in [2.75, 3.05) is 5.73 Å². The van der Waals surface area contributed by atoms with Crippen LogP contribution in [0.1, 0.15) is 19.4 Å². The summed E-state index contributed by atoms with van der Waals surface area (Å²) in [6.45, 7) is 10.0. The van der Waals surface area contributed by atoms with E-state index in [2.05, 4.69) is 0 Å². The number of hydrogen-bond donors (Lipinski definition) is 1. The third-order valence-electron chi connectivity index (χ3n) is 1.04. The normalized spacial score (nSPS) is 6.21. The molecule has 0 saturated heterocycles. The highest BCUT2D eigenvalue weighted by molar-refractivity contribution is 5.39. The zero-order valence-corrected chi connectivity index (χ0v) is 9.12. The summed E-state index contributed by atoms with van der Waals surface area (Å²) >= 11 is 0. The predicted molar refractivity (Wildman–Crippen MR) is 61.2 cm³/mol. The van der Waals surface area contributed by atoms with E-state index in [0.29, 0.717) is 0 Å². The van der Waals surface area contributed by atoms with Crippen LogP contribution in [-0.4, -0.2) is 13.6 Å². The number of carbonyl (C=O) groups excluding carboxylic acids is 2. The first kappa shape index (κ1) is 18.2. The van der Waals surface area contributed by atoms with E-state index < -0.39 is 0 Å². The summed E-state index contributed by atoms with van der Waals surface area (Å²) in [5, 5.41) is 0. The SMILES string of the molecule is C=O.C=O.CC.Cc1cccc(N)c1. The fourth-order valence-corrected chi connectivity index (χ4v) is 0.670. The smallest absolute Gasteiger partial charge is 0.106 e. The molecule has 0 fully saturated rings. The van der Waals surface area contributed by atoms with Gasteiger partial charge in [0.15, 0.2) is 0 Å². The number of aryl methyl sites for hydroxylation is 1. The van der Waals surface area contributed by atoms with Crippen LogP contribution in [0.4, 0.5) is 5.69 Å². The van der Waals surface area contributed by atoms with Crippen LogP contribution >= 0.6 is 0 Å². The molecule has 1 rings (SSSR count). The second-order valence-corrected chi connectivity index (χ2v) is 1.91. The van der Waals surface area contributed by atoms with Gasteiger partial charge in [0.2, 0.25) is 0 Å². The third kappa shape index (κ3) is 13.0. The minimum atomic E-state index is 0.838. The van der Waals surface area contributed by atoms with Crippen LogP contribution in [0.5, 0.6) is 0 Å². The van der Waals surface area contributed by atoms with Gasteiger partial charge in [-0.1, -0.05) is 26.0 Å². The van der Waals surface area contributed by atoms with E-state index in [-0.39, 0.29) is 0 Å². The van der Waals surface area contributed by atoms with E-state index in [0.717, 1.165) is 5.69 Å². The molecular formula is C11H19NO2. The van der Waals surface area contributed by atoms with Crippen molar-refractivity contribution in [1.82, 2.24) is 0 Å². The van der Waals surface area contributed by atoms with Crippen LogP contribution in [0.2, 0.25) is 0 Å². The lowest BCUT2D eigenvalue weighted by Crippen LogP contribution is -1.82. The molecule has 1 aromatic carbocycles. The van der Waals surface area contributed by atoms with E-state index in [9.17, 15) is 0 Å². The van der Waals surface area contributed by atoms with Crippen molar-refractivity contribution in [3.63, 3.8) is 0 Å². The molecule has 80 valence electrons. The molecular weight excluding hydrogens is 178 g/mol. The number of benzene rings is 1. The summed E-state index contributed by atoms with van der Waals surface area (Å²) in [6.07, 6.45) is 0.